The van der Waals surface area contributed by atoms with Crippen molar-refractivity contribution in [2.75, 3.05) is 0 Å². The molecule has 2 aromatic heterocycles. The van der Waals surface area contributed by atoms with Crippen molar-refractivity contribution in [3.8, 4) is 5.69 Å². The van der Waals surface area contributed by atoms with Gasteiger partial charge in [0.2, 0.25) is 10.0 Å². The van der Waals surface area contributed by atoms with Gasteiger partial charge in [0.15, 0.2) is 5.76 Å². The summed E-state index contributed by atoms with van der Waals surface area (Å²) in [7, 11) is -3.68. The lowest BCUT2D eigenvalue weighted by atomic mass is 10.3. The lowest BCUT2D eigenvalue weighted by molar-refractivity contribution is 0.390. The summed E-state index contributed by atoms with van der Waals surface area (Å²) >= 11 is 0. The number of rotatable bonds is 5. The van der Waals surface area contributed by atoms with Gasteiger partial charge in [-0.2, -0.15) is 5.10 Å². The minimum atomic E-state index is -3.68. The van der Waals surface area contributed by atoms with E-state index < -0.39 is 10.0 Å². The molecule has 0 unspecified atom stereocenters. The molecule has 0 aliphatic rings. The standard InChI is InChI=1S/C15H16N4O3S/c1-11-15(12(2)22-18-11)23(20,21)17-9-13-8-16-19(10-13)14-6-4-3-5-7-14/h3-8,10,17H,9H2,1-2H3. The summed E-state index contributed by atoms with van der Waals surface area (Å²) < 4.78 is 33.8. The van der Waals surface area contributed by atoms with E-state index in [0.29, 0.717) is 5.69 Å². The molecule has 0 radical (unpaired) electrons. The number of hydrogen-bond donors (Lipinski definition) is 1. The molecule has 1 N–H and O–H groups in total. The SMILES string of the molecule is Cc1noc(C)c1S(=O)(=O)NCc1cnn(-c2ccccc2)c1. The van der Waals surface area contributed by atoms with Crippen LogP contribution in [0.3, 0.4) is 0 Å². The molecule has 0 bridgehead atoms. The van der Waals surface area contributed by atoms with Gasteiger partial charge in [-0.05, 0) is 26.0 Å². The molecule has 0 saturated carbocycles. The van der Waals surface area contributed by atoms with Crippen LogP contribution < -0.4 is 4.72 Å². The smallest absolute Gasteiger partial charge is 0.246 e. The maximum absolute atomic E-state index is 12.3. The fraction of sp³-hybridized carbons (Fsp3) is 0.200. The van der Waals surface area contributed by atoms with Crippen LogP contribution in [0.25, 0.3) is 5.69 Å². The van der Waals surface area contributed by atoms with Gasteiger partial charge in [0, 0.05) is 18.3 Å². The summed E-state index contributed by atoms with van der Waals surface area (Å²) in [4.78, 5) is 0.0907. The first-order valence-corrected chi connectivity index (χ1v) is 8.47. The predicted octanol–water partition coefficient (Wildman–Crippen LogP) is 1.96. The molecule has 7 nitrogen and oxygen atoms in total. The third-order valence-electron chi connectivity index (χ3n) is 3.36. The third-order valence-corrected chi connectivity index (χ3v) is 5.00. The number of hydrogen-bond acceptors (Lipinski definition) is 5. The fourth-order valence-corrected chi connectivity index (χ4v) is 3.62. The van der Waals surface area contributed by atoms with Crippen LogP contribution in [0.4, 0.5) is 0 Å². The number of nitrogens with zero attached hydrogens (tertiary/aromatic N) is 3. The molecule has 23 heavy (non-hydrogen) atoms. The van der Waals surface area contributed by atoms with Gasteiger partial charge in [-0.15, -0.1) is 0 Å². The van der Waals surface area contributed by atoms with E-state index in [2.05, 4.69) is 15.0 Å². The number of para-hydroxylation sites is 1. The zero-order valence-electron chi connectivity index (χ0n) is 12.7. The van der Waals surface area contributed by atoms with E-state index >= 15 is 0 Å². The summed E-state index contributed by atoms with van der Waals surface area (Å²) in [5.41, 5.74) is 2.01. The number of aromatic nitrogens is 3. The Balaban J connectivity index is 1.75. The van der Waals surface area contributed by atoms with Gasteiger partial charge >= 0.3 is 0 Å². The summed E-state index contributed by atoms with van der Waals surface area (Å²) in [6.45, 7) is 3.31. The highest BCUT2D eigenvalue weighted by atomic mass is 32.2. The molecule has 8 heteroatoms. The molecule has 0 aliphatic carbocycles. The Morgan fingerprint density at radius 2 is 1.96 bits per heavy atom. The summed E-state index contributed by atoms with van der Waals surface area (Å²) in [5, 5.41) is 7.91. The van der Waals surface area contributed by atoms with E-state index in [0.717, 1.165) is 11.3 Å². The topological polar surface area (TPSA) is 90.0 Å². The monoisotopic (exact) mass is 332 g/mol. The number of sulfonamides is 1. The Kier molecular flexibility index (Phi) is 4.01. The molecule has 0 amide bonds. The maximum atomic E-state index is 12.3. The van der Waals surface area contributed by atoms with Gasteiger partial charge in [0.05, 0.1) is 11.9 Å². The van der Waals surface area contributed by atoms with Gasteiger partial charge in [-0.25, -0.2) is 17.8 Å². The van der Waals surface area contributed by atoms with Crippen LogP contribution >= 0.6 is 0 Å². The van der Waals surface area contributed by atoms with Crippen LogP contribution in [0.5, 0.6) is 0 Å². The Bertz CT molecular complexity index is 894. The van der Waals surface area contributed by atoms with Gasteiger partial charge in [0.25, 0.3) is 0 Å². The average molecular weight is 332 g/mol. The molecule has 3 aromatic rings. The van der Waals surface area contributed by atoms with Crippen LogP contribution in [-0.4, -0.2) is 23.4 Å². The summed E-state index contributed by atoms with van der Waals surface area (Å²) in [6, 6.07) is 9.59. The largest absolute Gasteiger partial charge is 0.360 e. The van der Waals surface area contributed by atoms with Crippen LogP contribution in [0, 0.1) is 13.8 Å². The number of aryl methyl sites for hydroxylation is 2. The average Bonchev–Trinajstić information content (AvgIpc) is 3.13. The van der Waals surface area contributed by atoms with Crippen molar-refractivity contribution >= 4 is 10.0 Å². The van der Waals surface area contributed by atoms with Gasteiger partial charge in [-0.1, -0.05) is 23.4 Å². The molecular weight excluding hydrogens is 316 g/mol. The fourth-order valence-electron chi connectivity index (χ4n) is 2.28. The Hall–Kier alpha value is -2.45. The summed E-state index contributed by atoms with van der Waals surface area (Å²) in [6.07, 6.45) is 3.41. The summed E-state index contributed by atoms with van der Waals surface area (Å²) in [5.74, 6) is 0.273. The maximum Gasteiger partial charge on any atom is 0.246 e. The van der Waals surface area contributed by atoms with Crippen molar-refractivity contribution in [1.29, 1.82) is 0 Å². The van der Waals surface area contributed by atoms with Crippen LogP contribution in [0.15, 0.2) is 52.1 Å². The molecule has 3 rings (SSSR count). The van der Waals surface area contributed by atoms with E-state index in [1.807, 2.05) is 30.3 Å². The van der Waals surface area contributed by atoms with E-state index in [9.17, 15) is 8.42 Å². The van der Waals surface area contributed by atoms with Crippen molar-refractivity contribution < 1.29 is 12.9 Å². The quantitative estimate of drug-likeness (QED) is 0.771. The highest BCUT2D eigenvalue weighted by molar-refractivity contribution is 7.89. The molecular formula is C15H16N4O3S. The molecule has 0 spiro atoms. The normalized spacial score (nSPS) is 11.7. The first kappa shape index (κ1) is 15.4. The van der Waals surface area contributed by atoms with Crippen molar-refractivity contribution in [2.24, 2.45) is 0 Å². The first-order chi connectivity index (χ1) is 11.0. The van der Waals surface area contributed by atoms with Crippen LogP contribution in [0.1, 0.15) is 17.0 Å². The van der Waals surface area contributed by atoms with Crippen LogP contribution in [0.2, 0.25) is 0 Å². The molecule has 0 aliphatic heterocycles. The molecule has 1 aromatic carbocycles. The highest BCUT2D eigenvalue weighted by Gasteiger charge is 2.23. The van der Waals surface area contributed by atoms with Crippen molar-refractivity contribution in [2.45, 2.75) is 25.3 Å². The van der Waals surface area contributed by atoms with E-state index in [1.54, 1.807) is 30.9 Å². The molecule has 120 valence electrons. The second-order valence-corrected chi connectivity index (χ2v) is 6.81. The Labute approximate surface area is 134 Å². The minimum absolute atomic E-state index is 0.0907. The van der Waals surface area contributed by atoms with Crippen molar-refractivity contribution in [1.82, 2.24) is 19.7 Å². The van der Waals surface area contributed by atoms with Gasteiger partial charge in [0.1, 0.15) is 10.6 Å². The lowest BCUT2D eigenvalue weighted by Crippen LogP contribution is -2.24. The Morgan fingerprint density at radius 3 is 2.61 bits per heavy atom. The number of nitrogens with one attached hydrogen (secondary N) is 1. The van der Waals surface area contributed by atoms with E-state index in [4.69, 9.17) is 4.52 Å². The minimum Gasteiger partial charge on any atom is -0.360 e. The van der Waals surface area contributed by atoms with Gasteiger partial charge in [-0.3, -0.25) is 0 Å². The lowest BCUT2D eigenvalue weighted by Gasteiger charge is -2.04. The molecule has 0 atom stereocenters. The number of benzene rings is 1. The zero-order chi connectivity index (χ0) is 16.4. The predicted molar refractivity (Wildman–Crippen MR) is 83.6 cm³/mol. The van der Waals surface area contributed by atoms with Crippen LogP contribution in [-0.2, 0) is 16.6 Å². The zero-order valence-corrected chi connectivity index (χ0v) is 13.5. The van der Waals surface area contributed by atoms with Gasteiger partial charge < -0.3 is 4.52 Å². The van der Waals surface area contributed by atoms with E-state index in [1.165, 1.54) is 0 Å². The van der Waals surface area contributed by atoms with E-state index in [-0.39, 0.29) is 17.2 Å². The first-order valence-electron chi connectivity index (χ1n) is 6.99. The molecule has 2 heterocycles. The third kappa shape index (κ3) is 3.17. The second-order valence-electron chi connectivity index (χ2n) is 5.11. The Morgan fingerprint density at radius 1 is 1.22 bits per heavy atom. The van der Waals surface area contributed by atoms with Crippen molar-refractivity contribution in [3.63, 3.8) is 0 Å². The second kappa shape index (κ2) is 5.98. The van der Waals surface area contributed by atoms with Crippen molar-refractivity contribution in [3.05, 3.63) is 59.7 Å². The molecule has 0 saturated heterocycles. The highest BCUT2D eigenvalue weighted by Crippen LogP contribution is 2.19. The molecule has 0 fully saturated rings.